The van der Waals surface area contributed by atoms with Gasteiger partial charge >= 0.3 is 0 Å². The Morgan fingerprint density at radius 2 is 1.96 bits per heavy atom. The number of morpholine rings is 1. The molecule has 2 heterocycles. The van der Waals surface area contributed by atoms with Gasteiger partial charge in [0.2, 0.25) is 5.88 Å². The molecule has 1 aliphatic heterocycles. The van der Waals surface area contributed by atoms with Crippen molar-refractivity contribution >= 4 is 11.6 Å². The lowest BCUT2D eigenvalue weighted by Crippen LogP contribution is -2.38. The number of pyridine rings is 1. The van der Waals surface area contributed by atoms with Crippen molar-refractivity contribution in [1.82, 2.24) is 9.88 Å². The molecule has 138 valence electrons. The Morgan fingerprint density at radius 3 is 2.62 bits per heavy atom. The number of benzene rings is 1. The molecule has 1 N–H and O–H groups in total. The number of hydrogen-bond donors (Lipinski definition) is 1. The van der Waals surface area contributed by atoms with E-state index in [2.05, 4.69) is 15.2 Å². The van der Waals surface area contributed by atoms with Crippen LogP contribution in [0, 0.1) is 0 Å². The van der Waals surface area contributed by atoms with Gasteiger partial charge in [0.1, 0.15) is 12.4 Å². The summed E-state index contributed by atoms with van der Waals surface area (Å²) in [6.07, 6.45) is 1.59. The average molecular weight is 357 g/mol. The summed E-state index contributed by atoms with van der Waals surface area (Å²) in [6, 6.07) is 10.5. The summed E-state index contributed by atoms with van der Waals surface area (Å²) in [7, 11) is 1.59. The first-order valence-electron chi connectivity index (χ1n) is 8.59. The van der Waals surface area contributed by atoms with Gasteiger partial charge in [0.25, 0.3) is 5.91 Å². The zero-order chi connectivity index (χ0) is 18.2. The largest absolute Gasteiger partial charge is 0.497 e. The lowest BCUT2D eigenvalue weighted by molar-refractivity contribution is 0.0320. The van der Waals surface area contributed by atoms with Crippen molar-refractivity contribution < 1.29 is 19.0 Å². The highest BCUT2D eigenvalue weighted by atomic mass is 16.5. The van der Waals surface area contributed by atoms with E-state index in [0.29, 0.717) is 29.5 Å². The van der Waals surface area contributed by atoms with Crippen LogP contribution in [0.4, 0.5) is 5.69 Å². The van der Waals surface area contributed by atoms with Gasteiger partial charge in [-0.3, -0.25) is 9.69 Å². The number of nitrogens with one attached hydrogen (secondary N) is 1. The minimum absolute atomic E-state index is 0.199. The molecule has 0 unspecified atom stereocenters. The van der Waals surface area contributed by atoms with E-state index < -0.39 is 0 Å². The Balaban J connectivity index is 1.46. The zero-order valence-corrected chi connectivity index (χ0v) is 14.8. The predicted octanol–water partition coefficient (Wildman–Crippen LogP) is 2.05. The molecular formula is C19H23N3O4. The van der Waals surface area contributed by atoms with Crippen molar-refractivity contribution in [3.8, 4) is 11.6 Å². The fourth-order valence-electron chi connectivity index (χ4n) is 2.59. The molecule has 0 aliphatic carbocycles. The number of amides is 1. The van der Waals surface area contributed by atoms with E-state index in [0.717, 1.165) is 32.8 Å². The average Bonchev–Trinajstić information content (AvgIpc) is 2.70. The number of carbonyl (C=O) groups is 1. The molecule has 1 amide bonds. The molecule has 0 atom stereocenters. The molecule has 2 aromatic rings. The van der Waals surface area contributed by atoms with Crippen LogP contribution in [0.15, 0.2) is 42.6 Å². The van der Waals surface area contributed by atoms with Crippen LogP contribution >= 0.6 is 0 Å². The molecule has 3 rings (SSSR count). The Kier molecular flexibility index (Phi) is 6.40. The van der Waals surface area contributed by atoms with Gasteiger partial charge < -0.3 is 19.5 Å². The number of rotatable bonds is 7. The molecule has 0 spiro atoms. The van der Waals surface area contributed by atoms with Crippen LogP contribution < -0.4 is 14.8 Å². The molecule has 7 heteroatoms. The second kappa shape index (κ2) is 9.17. The first-order valence-corrected chi connectivity index (χ1v) is 8.59. The van der Waals surface area contributed by atoms with Crippen molar-refractivity contribution in [2.45, 2.75) is 0 Å². The van der Waals surface area contributed by atoms with Gasteiger partial charge in [-0.2, -0.15) is 0 Å². The molecule has 1 saturated heterocycles. The zero-order valence-electron chi connectivity index (χ0n) is 14.8. The maximum absolute atomic E-state index is 12.2. The van der Waals surface area contributed by atoms with E-state index in [9.17, 15) is 4.79 Å². The van der Waals surface area contributed by atoms with Crippen molar-refractivity contribution in [3.05, 3.63) is 48.2 Å². The number of aromatic nitrogens is 1. The van der Waals surface area contributed by atoms with E-state index in [1.54, 1.807) is 49.7 Å². The number of nitrogens with zero attached hydrogens (tertiary/aromatic N) is 2. The quantitative estimate of drug-likeness (QED) is 0.818. The van der Waals surface area contributed by atoms with Crippen molar-refractivity contribution in [2.24, 2.45) is 0 Å². The highest BCUT2D eigenvalue weighted by Gasteiger charge is 2.10. The van der Waals surface area contributed by atoms with Gasteiger partial charge in [0.15, 0.2) is 0 Å². The van der Waals surface area contributed by atoms with E-state index in [1.165, 1.54) is 0 Å². The first-order chi connectivity index (χ1) is 12.7. The third-order valence-electron chi connectivity index (χ3n) is 4.11. The van der Waals surface area contributed by atoms with Crippen LogP contribution in [0.25, 0.3) is 0 Å². The number of ether oxygens (including phenoxy) is 3. The van der Waals surface area contributed by atoms with E-state index in [-0.39, 0.29) is 5.91 Å². The Labute approximate surface area is 152 Å². The normalized spacial score (nSPS) is 14.7. The lowest BCUT2D eigenvalue weighted by Gasteiger charge is -2.26. The van der Waals surface area contributed by atoms with Crippen molar-refractivity contribution in [2.75, 3.05) is 51.9 Å². The van der Waals surface area contributed by atoms with Crippen molar-refractivity contribution in [3.63, 3.8) is 0 Å². The molecule has 0 radical (unpaired) electrons. The Bertz CT molecular complexity index is 698. The number of methoxy groups -OCH3 is 1. The summed E-state index contributed by atoms with van der Waals surface area (Å²) in [5.74, 6) is 1.05. The van der Waals surface area contributed by atoms with Crippen molar-refractivity contribution in [1.29, 1.82) is 0 Å². The molecular weight excluding hydrogens is 334 g/mol. The van der Waals surface area contributed by atoms with Crippen LogP contribution in [0.5, 0.6) is 11.6 Å². The fraction of sp³-hybridized carbons (Fsp3) is 0.368. The molecule has 0 saturated carbocycles. The summed E-state index contributed by atoms with van der Waals surface area (Å²) >= 11 is 0. The van der Waals surface area contributed by atoms with E-state index in [4.69, 9.17) is 14.2 Å². The van der Waals surface area contributed by atoms with Gasteiger partial charge in [-0.15, -0.1) is 0 Å². The van der Waals surface area contributed by atoms with E-state index in [1.807, 2.05) is 0 Å². The van der Waals surface area contributed by atoms with Gasteiger partial charge in [0.05, 0.1) is 32.2 Å². The molecule has 26 heavy (non-hydrogen) atoms. The van der Waals surface area contributed by atoms with Crippen LogP contribution in [0.2, 0.25) is 0 Å². The van der Waals surface area contributed by atoms with E-state index >= 15 is 0 Å². The smallest absolute Gasteiger partial charge is 0.255 e. The second-order valence-corrected chi connectivity index (χ2v) is 5.87. The summed E-state index contributed by atoms with van der Waals surface area (Å²) in [5, 5.41) is 2.81. The molecule has 1 fully saturated rings. The second-order valence-electron chi connectivity index (χ2n) is 5.87. The maximum Gasteiger partial charge on any atom is 0.255 e. The first kappa shape index (κ1) is 18.2. The number of hydrogen-bond acceptors (Lipinski definition) is 6. The maximum atomic E-state index is 12.2. The summed E-state index contributed by atoms with van der Waals surface area (Å²) in [5.41, 5.74) is 1.17. The summed E-state index contributed by atoms with van der Waals surface area (Å²) in [4.78, 5) is 18.8. The standard InChI is InChI=1S/C19H23N3O4/c1-24-17-5-2-15(3-6-17)19(23)21-16-4-7-18(20-14-16)26-13-10-22-8-11-25-12-9-22/h2-7,14H,8-13H2,1H3,(H,21,23). The molecule has 7 nitrogen and oxygen atoms in total. The predicted molar refractivity (Wildman–Crippen MR) is 97.9 cm³/mol. The van der Waals surface area contributed by atoms with Crippen LogP contribution in [0.1, 0.15) is 10.4 Å². The highest BCUT2D eigenvalue weighted by Crippen LogP contribution is 2.15. The van der Waals surface area contributed by atoms with Gasteiger partial charge in [0, 0.05) is 31.3 Å². The third-order valence-corrected chi connectivity index (χ3v) is 4.11. The molecule has 1 aliphatic rings. The topological polar surface area (TPSA) is 72.9 Å². The monoisotopic (exact) mass is 357 g/mol. The third kappa shape index (κ3) is 5.18. The minimum atomic E-state index is -0.199. The summed E-state index contributed by atoms with van der Waals surface area (Å²) < 4.78 is 16.1. The van der Waals surface area contributed by atoms with Gasteiger partial charge in [-0.25, -0.2) is 4.98 Å². The van der Waals surface area contributed by atoms with Gasteiger partial charge in [-0.05, 0) is 30.3 Å². The fourth-order valence-corrected chi connectivity index (χ4v) is 2.59. The lowest BCUT2D eigenvalue weighted by atomic mass is 10.2. The minimum Gasteiger partial charge on any atom is -0.497 e. The molecule has 1 aromatic carbocycles. The van der Waals surface area contributed by atoms with Crippen LogP contribution in [-0.2, 0) is 4.74 Å². The SMILES string of the molecule is COc1ccc(C(=O)Nc2ccc(OCCN3CCOCC3)nc2)cc1. The molecule has 0 bridgehead atoms. The number of carbonyl (C=O) groups excluding carboxylic acids is 1. The van der Waals surface area contributed by atoms with Gasteiger partial charge in [-0.1, -0.05) is 0 Å². The Morgan fingerprint density at radius 1 is 1.19 bits per heavy atom. The summed E-state index contributed by atoms with van der Waals surface area (Å²) in [6.45, 7) is 4.85. The van der Waals surface area contributed by atoms with Crippen LogP contribution in [-0.4, -0.2) is 62.4 Å². The number of anilines is 1. The van der Waals surface area contributed by atoms with Crippen LogP contribution in [0.3, 0.4) is 0 Å². The molecule has 1 aromatic heterocycles. The Hall–Kier alpha value is -2.64. The highest BCUT2D eigenvalue weighted by molar-refractivity contribution is 6.04.